The molecule has 1 aromatic carbocycles. The van der Waals surface area contributed by atoms with Gasteiger partial charge in [-0.25, -0.2) is 4.98 Å². The minimum absolute atomic E-state index is 0.0844. The van der Waals surface area contributed by atoms with E-state index in [2.05, 4.69) is 4.98 Å². The summed E-state index contributed by atoms with van der Waals surface area (Å²) in [5.41, 5.74) is -1.20. The van der Waals surface area contributed by atoms with Crippen LogP contribution in [-0.2, 0) is 6.18 Å². The Morgan fingerprint density at radius 2 is 1.67 bits per heavy atom. The van der Waals surface area contributed by atoms with E-state index in [1.165, 1.54) is 19.2 Å². The van der Waals surface area contributed by atoms with Crippen LogP contribution in [0.3, 0.4) is 0 Å². The van der Waals surface area contributed by atoms with Crippen LogP contribution in [0.15, 0.2) is 36.4 Å². The molecule has 0 atom stereocenters. The maximum Gasteiger partial charge on any atom is 0.433 e. The number of ether oxygens (including phenoxy) is 2. The molecular weight excluding hydrogens is 285 g/mol. The zero-order valence-electron chi connectivity index (χ0n) is 10.8. The van der Waals surface area contributed by atoms with Crippen LogP contribution in [0.5, 0.6) is 17.4 Å². The lowest BCUT2D eigenvalue weighted by atomic mass is 10.2. The number of halogens is 3. The van der Waals surface area contributed by atoms with Crippen molar-refractivity contribution in [3.05, 3.63) is 47.7 Å². The molecular formula is C14H9F3N2O2. The van der Waals surface area contributed by atoms with Crippen LogP contribution in [0, 0.1) is 11.3 Å². The first-order valence-electron chi connectivity index (χ1n) is 5.74. The molecule has 2 aromatic rings. The molecule has 0 fully saturated rings. The number of alkyl halides is 3. The standard InChI is InChI=1S/C14H9F3N2O2/c1-20-10-3-5-11(6-4-10)21-13-9(8-18)2-7-12(19-13)14(15,16)17/h2-7H,1H3. The molecule has 21 heavy (non-hydrogen) atoms. The Kier molecular flexibility index (Phi) is 3.98. The summed E-state index contributed by atoms with van der Waals surface area (Å²) in [5.74, 6) is 0.427. The van der Waals surface area contributed by atoms with Crippen molar-refractivity contribution in [2.24, 2.45) is 0 Å². The number of hydrogen-bond donors (Lipinski definition) is 0. The molecule has 0 spiro atoms. The van der Waals surface area contributed by atoms with Crippen LogP contribution in [0.2, 0.25) is 0 Å². The lowest BCUT2D eigenvalue weighted by Crippen LogP contribution is -2.09. The Hall–Kier alpha value is -2.75. The van der Waals surface area contributed by atoms with Crippen LogP contribution in [-0.4, -0.2) is 12.1 Å². The molecule has 0 aliphatic carbocycles. The van der Waals surface area contributed by atoms with Gasteiger partial charge in [-0.1, -0.05) is 0 Å². The molecule has 0 amide bonds. The van der Waals surface area contributed by atoms with Gasteiger partial charge in [0.2, 0.25) is 5.88 Å². The van der Waals surface area contributed by atoms with Gasteiger partial charge in [-0.05, 0) is 36.4 Å². The maximum absolute atomic E-state index is 12.6. The van der Waals surface area contributed by atoms with Crippen molar-refractivity contribution in [1.82, 2.24) is 4.98 Å². The average Bonchev–Trinajstić information content (AvgIpc) is 2.47. The molecule has 0 saturated heterocycles. The lowest BCUT2D eigenvalue weighted by Gasteiger charge is -2.10. The number of rotatable bonds is 3. The normalized spacial score (nSPS) is 10.8. The van der Waals surface area contributed by atoms with Gasteiger partial charge in [0, 0.05) is 0 Å². The number of pyridine rings is 1. The lowest BCUT2D eigenvalue weighted by molar-refractivity contribution is -0.141. The van der Waals surface area contributed by atoms with Gasteiger partial charge in [-0.2, -0.15) is 18.4 Å². The summed E-state index contributed by atoms with van der Waals surface area (Å²) in [6, 6.07) is 9.66. The Morgan fingerprint density at radius 3 is 2.19 bits per heavy atom. The highest BCUT2D eigenvalue weighted by Crippen LogP contribution is 2.31. The van der Waals surface area contributed by atoms with E-state index in [1.807, 2.05) is 0 Å². The van der Waals surface area contributed by atoms with E-state index in [0.717, 1.165) is 12.1 Å². The van der Waals surface area contributed by atoms with Crippen molar-refractivity contribution >= 4 is 0 Å². The first-order valence-corrected chi connectivity index (χ1v) is 5.74. The quantitative estimate of drug-likeness (QED) is 0.864. The molecule has 7 heteroatoms. The summed E-state index contributed by atoms with van der Waals surface area (Å²) >= 11 is 0. The molecule has 1 aromatic heterocycles. The van der Waals surface area contributed by atoms with Gasteiger partial charge in [-0.15, -0.1) is 0 Å². The Labute approximate surface area is 118 Å². The summed E-state index contributed by atoms with van der Waals surface area (Å²) in [6.45, 7) is 0. The predicted molar refractivity (Wildman–Crippen MR) is 67.0 cm³/mol. The molecule has 0 saturated carbocycles. The van der Waals surface area contributed by atoms with Gasteiger partial charge in [0.1, 0.15) is 28.8 Å². The number of benzene rings is 1. The van der Waals surface area contributed by atoms with Gasteiger partial charge < -0.3 is 9.47 Å². The van der Waals surface area contributed by atoms with Crippen LogP contribution in [0.4, 0.5) is 13.2 Å². The topological polar surface area (TPSA) is 55.1 Å². The minimum Gasteiger partial charge on any atom is -0.497 e. The molecule has 0 bridgehead atoms. The summed E-state index contributed by atoms with van der Waals surface area (Å²) in [5, 5.41) is 8.90. The fourth-order valence-electron chi connectivity index (χ4n) is 1.52. The van der Waals surface area contributed by atoms with Crippen molar-refractivity contribution in [2.75, 3.05) is 7.11 Å². The molecule has 0 unspecified atom stereocenters. The Morgan fingerprint density at radius 1 is 1.05 bits per heavy atom. The van der Waals surface area contributed by atoms with E-state index in [0.29, 0.717) is 5.75 Å². The van der Waals surface area contributed by atoms with Crippen LogP contribution < -0.4 is 9.47 Å². The number of hydrogen-bond acceptors (Lipinski definition) is 4. The fourth-order valence-corrected chi connectivity index (χ4v) is 1.52. The van der Waals surface area contributed by atoms with Crippen LogP contribution in [0.1, 0.15) is 11.3 Å². The first-order chi connectivity index (χ1) is 9.94. The molecule has 108 valence electrons. The molecule has 0 radical (unpaired) electrons. The summed E-state index contributed by atoms with van der Waals surface area (Å²) in [7, 11) is 1.48. The molecule has 1 heterocycles. The molecule has 2 rings (SSSR count). The number of nitriles is 1. The van der Waals surface area contributed by atoms with E-state index in [4.69, 9.17) is 14.7 Å². The van der Waals surface area contributed by atoms with Crippen LogP contribution >= 0.6 is 0 Å². The van der Waals surface area contributed by atoms with E-state index >= 15 is 0 Å². The third-order valence-electron chi connectivity index (χ3n) is 2.55. The van der Waals surface area contributed by atoms with Gasteiger partial charge in [0.15, 0.2) is 0 Å². The maximum atomic E-state index is 12.6. The summed E-state index contributed by atoms with van der Waals surface area (Å²) in [6.07, 6.45) is -4.61. The number of nitrogens with zero attached hydrogens (tertiary/aromatic N) is 2. The second-order valence-electron chi connectivity index (χ2n) is 3.94. The highest BCUT2D eigenvalue weighted by molar-refractivity contribution is 5.42. The first kappa shape index (κ1) is 14.7. The zero-order chi connectivity index (χ0) is 15.5. The van der Waals surface area contributed by atoms with Crippen molar-refractivity contribution in [3.63, 3.8) is 0 Å². The highest BCUT2D eigenvalue weighted by Gasteiger charge is 2.33. The van der Waals surface area contributed by atoms with Gasteiger partial charge in [0.05, 0.1) is 7.11 Å². The molecule has 0 N–H and O–H groups in total. The zero-order valence-corrected chi connectivity index (χ0v) is 10.8. The number of methoxy groups -OCH3 is 1. The minimum atomic E-state index is -4.61. The number of aromatic nitrogens is 1. The smallest absolute Gasteiger partial charge is 0.433 e. The Bertz CT molecular complexity index is 676. The van der Waals surface area contributed by atoms with E-state index in [9.17, 15) is 13.2 Å². The second kappa shape index (κ2) is 5.71. The monoisotopic (exact) mass is 294 g/mol. The molecule has 0 aliphatic heterocycles. The SMILES string of the molecule is COc1ccc(Oc2nc(C(F)(F)F)ccc2C#N)cc1. The average molecular weight is 294 g/mol. The Balaban J connectivity index is 2.35. The van der Waals surface area contributed by atoms with Crippen molar-refractivity contribution in [3.8, 4) is 23.4 Å². The van der Waals surface area contributed by atoms with Gasteiger partial charge in [-0.3, -0.25) is 0 Å². The van der Waals surface area contributed by atoms with E-state index in [-0.39, 0.29) is 11.3 Å². The van der Waals surface area contributed by atoms with Crippen molar-refractivity contribution < 1.29 is 22.6 Å². The largest absolute Gasteiger partial charge is 0.497 e. The molecule has 0 aliphatic rings. The van der Waals surface area contributed by atoms with Gasteiger partial charge >= 0.3 is 6.18 Å². The van der Waals surface area contributed by atoms with Gasteiger partial charge in [0.25, 0.3) is 0 Å². The predicted octanol–water partition coefficient (Wildman–Crippen LogP) is 3.77. The van der Waals surface area contributed by atoms with Crippen LogP contribution in [0.25, 0.3) is 0 Å². The third-order valence-corrected chi connectivity index (χ3v) is 2.55. The van der Waals surface area contributed by atoms with Crippen molar-refractivity contribution in [2.45, 2.75) is 6.18 Å². The highest BCUT2D eigenvalue weighted by atomic mass is 19.4. The fraction of sp³-hybridized carbons (Fsp3) is 0.143. The van der Waals surface area contributed by atoms with Crippen molar-refractivity contribution in [1.29, 1.82) is 5.26 Å². The second-order valence-corrected chi connectivity index (χ2v) is 3.94. The summed E-state index contributed by atoms with van der Waals surface area (Å²) < 4.78 is 48.1. The molecule has 4 nitrogen and oxygen atoms in total. The van der Waals surface area contributed by atoms with E-state index < -0.39 is 17.8 Å². The van der Waals surface area contributed by atoms with E-state index in [1.54, 1.807) is 18.2 Å². The third kappa shape index (κ3) is 3.42. The summed E-state index contributed by atoms with van der Waals surface area (Å²) in [4.78, 5) is 3.35.